The van der Waals surface area contributed by atoms with Crippen LogP contribution in [0.25, 0.3) is 0 Å². The van der Waals surface area contributed by atoms with Gasteiger partial charge in [0.2, 0.25) is 5.78 Å². The summed E-state index contributed by atoms with van der Waals surface area (Å²) in [4.78, 5) is 52.7. The van der Waals surface area contributed by atoms with Gasteiger partial charge in [-0.05, 0) is 30.7 Å². The summed E-state index contributed by atoms with van der Waals surface area (Å²) < 4.78 is 5.10. The Hall–Kier alpha value is -3.50. The Morgan fingerprint density at radius 3 is 2.24 bits per heavy atom. The van der Waals surface area contributed by atoms with Crippen molar-refractivity contribution in [2.24, 2.45) is 22.7 Å². The highest BCUT2D eigenvalue weighted by Crippen LogP contribution is 2.67. The number of benzene rings is 1. The van der Waals surface area contributed by atoms with E-state index in [4.69, 9.17) is 4.74 Å². The minimum absolute atomic E-state index is 0.106. The van der Waals surface area contributed by atoms with Crippen molar-refractivity contribution in [3.63, 3.8) is 0 Å². The number of aromatic hydroxyl groups is 1. The summed E-state index contributed by atoms with van der Waals surface area (Å²) in [7, 11) is 0. The fourth-order valence-electron chi connectivity index (χ4n) is 7.55. The van der Waals surface area contributed by atoms with E-state index in [2.05, 4.69) is 0 Å². The first-order valence-electron chi connectivity index (χ1n) is 13.8. The molecule has 0 saturated carbocycles. The SMILES string of the molecule is CCCOC(=O)Cc1ccc2c(c1O)C(=O)C1=C(O)[C@@]3(O)C(=O)C(C(C)=O)=C(O)C(C(C)C)[C@@]3(C)[C@H](O)[C@@]1(C)[C@@H]2C. The molecule has 5 N–H and O–H groups in total. The van der Waals surface area contributed by atoms with E-state index in [0.717, 1.165) is 6.92 Å². The van der Waals surface area contributed by atoms with Crippen LogP contribution in [-0.2, 0) is 25.5 Å². The molecule has 0 aliphatic heterocycles. The van der Waals surface area contributed by atoms with Gasteiger partial charge < -0.3 is 30.3 Å². The van der Waals surface area contributed by atoms with Crippen LogP contribution in [0.4, 0.5) is 0 Å². The van der Waals surface area contributed by atoms with Crippen molar-refractivity contribution >= 4 is 23.3 Å². The smallest absolute Gasteiger partial charge is 0.310 e. The molecule has 1 aromatic rings. The zero-order valence-electron chi connectivity index (χ0n) is 24.4. The highest BCUT2D eigenvalue weighted by Gasteiger charge is 2.76. The zero-order valence-corrected chi connectivity index (χ0v) is 24.4. The first-order valence-corrected chi connectivity index (χ1v) is 13.8. The summed E-state index contributed by atoms with van der Waals surface area (Å²) in [5.41, 5.74) is -7.51. The first kappa shape index (κ1) is 30.5. The number of carbonyl (C=O) groups excluding carboxylic acids is 4. The van der Waals surface area contributed by atoms with Gasteiger partial charge in [-0.2, -0.15) is 0 Å². The number of carbonyl (C=O) groups is 4. The highest BCUT2D eigenvalue weighted by atomic mass is 16.5. The first-order chi connectivity index (χ1) is 18.9. The number of Topliss-reactive ketones (excluding diaryl/α,β-unsaturated/α-hetero) is 3. The molecular weight excluding hydrogens is 532 g/mol. The molecule has 1 unspecified atom stereocenters. The number of phenolic OH excluding ortho intramolecular Hbond substituents is 1. The van der Waals surface area contributed by atoms with E-state index in [9.17, 15) is 44.7 Å². The number of phenols is 1. The van der Waals surface area contributed by atoms with Gasteiger partial charge in [0.25, 0.3) is 0 Å². The van der Waals surface area contributed by atoms with Crippen LogP contribution in [0, 0.1) is 22.7 Å². The number of fused-ring (bicyclic) bond motifs is 3. The summed E-state index contributed by atoms with van der Waals surface area (Å²) in [6, 6.07) is 3.05. The molecule has 0 bridgehead atoms. The molecule has 4 rings (SSSR count). The van der Waals surface area contributed by atoms with Crippen LogP contribution in [0.15, 0.2) is 34.8 Å². The molecule has 10 nitrogen and oxygen atoms in total. The second-order valence-electron chi connectivity index (χ2n) is 12.3. The predicted molar refractivity (Wildman–Crippen MR) is 146 cm³/mol. The summed E-state index contributed by atoms with van der Waals surface area (Å²) in [5.74, 6) is -8.31. The number of esters is 1. The van der Waals surface area contributed by atoms with E-state index in [0.29, 0.717) is 12.0 Å². The molecule has 10 heteroatoms. The normalized spacial score (nSPS) is 33.0. The average molecular weight is 571 g/mol. The standard InChI is InChI=1S/C31H38O10/c1-8-11-41-18(33)12-16-9-10-17-14(4)29(6)22(25(36)20(17)23(16)34)27(38)31(40)26(37)19(15(5)32)24(35)21(13(2)3)30(31,7)28(29)39/h9-10,13-14,21,28,34-35,38-40H,8,11-12H2,1-7H3/t14-,21?,28-,29+,30+,31+/m1/s1. The monoisotopic (exact) mass is 570 g/mol. The topological polar surface area (TPSA) is 179 Å². The van der Waals surface area contributed by atoms with Crippen molar-refractivity contribution < 1.29 is 49.4 Å². The number of ketones is 3. The third kappa shape index (κ3) is 3.69. The van der Waals surface area contributed by atoms with Gasteiger partial charge in [-0.1, -0.05) is 53.7 Å². The zero-order chi connectivity index (χ0) is 31.0. The van der Waals surface area contributed by atoms with Crippen LogP contribution in [0.2, 0.25) is 0 Å². The Balaban J connectivity index is 2.02. The van der Waals surface area contributed by atoms with Gasteiger partial charge in [-0.15, -0.1) is 0 Å². The largest absolute Gasteiger partial charge is 0.511 e. The average Bonchev–Trinajstić information content (AvgIpc) is 2.88. The summed E-state index contributed by atoms with van der Waals surface area (Å²) in [6.45, 7) is 11.0. The van der Waals surface area contributed by atoms with E-state index in [1.807, 2.05) is 6.92 Å². The van der Waals surface area contributed by atoms with Crippen LogP contribution in [-0.4, -0.2) is 67.2 Å². The fourth-order valence-corrected chi connectivity index (χ4v) is 7.55. The van der Waals surface area contributed by atoms with Gasteiger partial charge in [0.15, 0.2) is 17.2 Å². The lowest BCUT2D eigenvalue weighted by Gasteiger charge is -2.63. The van der Waals surface area contributed by atoms with Crippen molar-refractivity contribution in [1.29, 1.82) is 0 Å². The van der Waals surface area contributed by atoms with Gasteiger partial charge in [-0.25, -0.2) is 0 Å². The number of rotatable bonds is 6. The maximum Gasteiger partial charge on any atom is 0.310 e. The Kier molecular flexibility index (Phi) is 7.28. The van der Waals surface area contributed by atoms with E-state index >= 15 is 0 Å². The third-order valence-electron chi connectivity index (χ3n) is 9.72. The molecule has 41 heavy (non-hydrogen) atoms. The Bertz CT molecular complexity index is 1430. The van der Waals surface area contributed by atoms with Crippen molar-refractivity contribution in [3.05, 3.63) is 51.5 Å². The number of aliphatic hydroxyl groups excluding tert-OH is 3. The second-order valence-corrected chi connectivity index (χ2v) is 12.3. The minimum Gasteiger partial charge on any atom is -0.511 e. The number of hydrogen-bond acceptors (Lipinski definition) is 10. The molecule has 6 atom stereocenters. The molecule has 1 aromatic carbocycles. The summed E-state index contributed by atoms with van der Waals surface area (Å²) in [6.07, 6.45) is -1.42. The van der Waals surface area contributed by atoms with Crippen LogP contribution in [0.1, 0.15) is 82.3 Å². The van der Waals surface area contributed by atoms with Gasteiger partial charge in [0.05, 0.1) is 30.3 Å². The van der Waals surface area contributed by atoms with Crippen molar-refractivity contribution in [3.8, 4) is 5.75 Å². The molecule has 0 saturated heterocycles. The maximum atomic E-state index is 14.2. The van der Waals surface area contributed by atoms with Crippen molar-refractivity contribution in [2.75, 3.05) is 6.61 Å². The van der Waals surface area contributed by atoms with Gasteiger partial charge >= 0.3 is 5.97 Å². The number of aliphatic hydroxyl groups is 4. The number of allylic oxidation sites excluding steroid dienone is 1. The van der Waals surface area contributed by atoms with E-state index in [-0.39, 0.29) is 24.2 Å². The van der Waals surface area contributed by atoms with Gasteiger partial charge in [-0.3, -0.25) is 19.2 Å². The quantitative estimate of drug-likeness (QED) is 0.251. The van der Waals surface area contributed by atoms with E-state index in [1.54, 1.807) is 26.8 Å². The van der Waals surface area contributed by atoms with Gasteiger partial charge in [0.1, 0.15) is 22.8 Å². The Morgan fingerprint density at radius 1 is 1.10 bits per heavy atom. The third-order valence-corrected chi connectivity index (χ3v) is 9.72. The molecule has 222 valence electrons. The lowest BCUT2D eigenvalue weighted by atomic mass is 9.41. The minimum atomic E-state index is -2.95. The number of hydrogen-bond donors (Lipinski definition) is 5. The van der Waals surface area contributed by atoms with E-state index < -0.39 is 92.0 Å². The van der Waals surface area contributed by atoms with Crippen LogP contribution in [0.5, 0.6) is 5.75 Å². The Labute approximate surface area is 238 Å². The predicted octanol–water partition coefficient (Wildman–Crippen LogP) is 3.37. The summed E-state index contributed by atoms with van der Waals surface area (Å²) >= 11 is 0. The Morgan fingerprint density at radius 2 is 1.71 bits per heavy atom. The highest BCUT2D eigenvalue weighted by molar-refractivity contribution is 6.25. The van der Waals surface area contributed by atoms with Crippen LogP contribution < -0.4 is 0 Å². The molecule has 0 spiro atoms. The second kappa shape index (κ2) is 9.80. The molecule has 0 fully saturated rings. The summed E-state index contributed by atoms with van der Waals surface area (Å²) in [5, 5.41) is 58.5. The molecule has 0 heterocycles. The van der Waals surface area contributed by atoms with E-state index in [1.165, 1.54) is 19.9 Å². The molecule has 0 radical (unpaired) electrons. The molecule has 0 amide bonds. The van der Waals surface area contributed by atoms with Crippen LogP contribution in [0.3, 0.4) is 0 Å². The number of ether oxygens (including phenoxy) is 1. The lowest BCUT2D eigenvalue weighted by Crippen LogP contribution is -2.73. The maximum absolute atomic E-state index is 14.2. The molecule has 3 aliphatic carbocycles. The molecular formula is C31H38O10. The lowest BCUT2D eigenvalue weighted by molar-refractivity contribution is -0.211. The fraction of sp³-hybridized carbons (Fsp3) is 0.548. The van der Waals surface area contributed by atoms with Crippen LogP contribution >= 0.6 is 0 Å². The van der Waals surface area contributed by atoms with Crippen molar-refractivity contribution in [2.45, 2.75) is 78.9 Å². The molecule has 0 aromatic heterocycles. The van der Waals surface area contributed by atoms with Gasteiger partial charge in [0, 0.05) is 22.3 Å². The van der Waals surface area contributed by atoms with Crippen molar-refractivity contribution in [1.82, 2.24) is 0 Å². The molecule has 3 aliphatic rings.